The molecule has 1 amide bonds. The van der Waals surface area contributed by atoms with Crippen LogP contribution in [-0.4, -0.2) is 31.1 Å². The number of aliphatic hydroxyl groups is 1. The molecular weight excluding hydrogens is 414 g/mol. The lowest BCUT2D eigenvalue weighted by Crippen LogP contribution is -2.60. The fourth-order valence-electron chi connectivity index (χ4n) is 3.06. The zero-order valence-corrected chi connectivity index (χ0v) is 15.2. The zero-order valence-electron chi connectivity index (χ0n) is 13.6. The molecule has 28 heavy (non-hydrogen) atoms. The lowest BCUT2D eigenvalue weighted by molar-refractivity contribution is -0.384. The van der Waals surface area contributed by atoms with E-state index in [1.807, 2.05) is 0 Å². The van der Waals surface area contributed by atoms with E-state index >= 15 is 0 Å². The molecule has 4 N–H and O–H groups in total. The number of thiol groups is 1. The van der Waals surface area contributed by atoms with Gasteiger partial charge in [0.2, 0.25) is 17.0 Å². The van der Waals surface area contributed by atoms with Gasteiger partial charge in [-0.1, -0.05) is 24.8 Å². The summed E-state index contributed by atoms with van der Waals surface area (Å²) in [5.74, 6) is -2.10. The third-order valence-electron chi connectivity index (χ3n) is 4.17. The smallest absolute Gasteiger partial charge is 0.269 e. The maximum atomic E-state index is 12.6. The molecule has 2 atom stereocenters. The molecule has 2 unspecified atom stereocenters. The van der Waals surface area contributed by atoms with Crippen molar-refractivity contribution in [3.8, 4) is 5.88 Å². The topological polar surface area (TPSA) is 159 Å². The van der Waals surface area contributed by atoms with Crippen molar-refractivity contribution in [3.05, 3.63) is 72.6 Å². The number of carbonyl (C=O) groups excluding carboxylic acids is 1. The van der Waals surface area contributed by atoms with Crippen molar-refractivity contribution in [2.45, 2.75) is 11.1 Å². The standard InChI is InChI=1S/C15H10ClN5O6S/c16-14-17-10(22)8-7(5-1-3-6(4-2-5)21(25)26)9-11(23)19-15(24,28)20-13(9)27-12(8)18-14/h1-4,7,20,24,28H,(H,19,23)(H,17,18,22). The maximum Gasteiger partial charge on any atom is 0.269 e. The van der Waals surface area contributed by atoms with Gasteiger partial charge in [-0.3, -0.25) is 30.0 Å². The molecule has 0 saturated carbocycles. The van der Waals surface area contributed by atoms with Gasteiger partial charge in [-0.2, -0.15) is 4.98 Å². The van der Waals surface area contributed by atoms with Crippen molar-refractivity contribution >= 4 is 35.8 Å². The van der Waals surface area contributed by atoms with Gasteiger partial charge in [0.15, 0.2) is 0 Å². The van der Waals surface area contributed by atoms with E-state index in [2.05, 4.69) is 33.2 Å². The summed E-state index contributed by atoms with van der Waals surface area (Å²) in [5.41, 5.74) is -0.471. The normalized spacial score (nSPS) is 23.1. The number of non-ortho nitro benzene ring substituents is 1. The van der Waals surface area contributed by atoms with Crippen LogP contribution in [0.1, 0.15) is 17.0 Å². The van der Waals surface area contributed by atoms with Crippen LogP contribution < -0.4 is 20.9 Å². The second kappa shape index (κ2) is 6.22. The maximum absolute atomic E-state index is 12.6. The minimum Gasteiger partial charge on any atom is -0.422 e. The summed E-state index contributed by atoms with van der Waals surface area (Å²) in [4.78, 5) is 41.8. The Balaban J connectivity index is 1.95. The number of amides is 1. The van der Waals surface area contributed by atoms with Gasteiger partial charge in [0.25, 0.3) is 22.3 Å². The number of nitrogens with zero attached hydrogens (tertiary/aromatic N) is 2. The molecule has 2 aliphatic heterocycles. The molecule has 0 fully saturated rings. The number of halogens is 1. The molecule has 2 aromatic rings. The number of nitro groups is 1. The van der Waals surface area contributed by atoms with Gasteiger partial charge in [-0.25, -0.2) is 0 Å². The van der Waals surface area contributed by atoms with E-state index in [1.165, 1.54) is 24.3 Å². The van der Waals surface area contributed by atoms with E-state index in [4.69, 9.17) is 16.3 Å². The van der Waals surface area contributed by atoms with Crippen molar-refractivity contribution in [1.82, 2.24) is 20.6 Å². The number of rotatable bonds is 2. The highest BCUT2D eigenvalue weighted by molar-refractivity contribution is 7.81. The van der Waals surface area contributed by atoms with Gasteiger partial charge in [0, 0.05) is 12.1 Å². The summed E-state index contributed by atoms with van der Waals surface area (Å²) >= 11 is 9.66. The van der Waals surface area contributed by atoms with Gasteiger partial charge >= 0.3 is 0 Å². The van der Waals surface area contributed by atoms with Crippen LogP contribution in [0.2, 0.25) is 5.28 Å². The highest BCUT2D eigenvalue weighted by Crippen LogP contribution is 2.42. The molecule has 4 rings (SSSR count). The van der Waals surface area contributed by atoms with Crippen LogP contribution in [0, 0.1) is 10.1 Å². The molecule has 11 nitrogen and oxygen atoms in total. The third kappa shape index (κ3) is 2.96. The molecule has 0 aliphatic carbocycles. The fourth-order valence-corrected chi connectivity index (χ4v) is 3.42. The zero-order chi connectivity index (χ0) is 20.2. The van der Waals surface area contributed by atoms with E-state index in [0.717, 1.165) is 0 Å². The second-order valence-corrected chi connectivity index (χ2v) is 6.96. The van der Waals surface area contributed by atoms with Gasteiger partial charge < -0.3 is 15.2 Å². The molecule has 1 aromatic heterocycles. The number of carbonyl (C=O) groups is 1. The second-order valence-electron chi connectivity index (χ2n) is 5.95. The lowest BCUT2D eigenvalue weighted by Gasteiger charge is -2.37. The molecule has 1 aromatic carbocycles. The molecule has 0 spiro atoms. The van der Waals surface area contributed by atoms with Crippen molar-refractivity contribution in [1.29, 1.82) is 0 Å². The molecule has 2 aliphatic rings. The predicted molar refractivity (Wildman–Crippen MR) is 97.7 cm³/mol. The number of nitrogens with one attached hydrogen (secondary N) is 3. The van der Waals surface area contributed by atoms with Crippen LogP contribution in [-0.2, 0) is 4.79 Å². The lowest BCUT2D eigenvalue weighted by atomic mass is 9.83. The Labute approximate surface area is 165 Å². The highest BCUT2D eigenvalue weighted by atomic mass is 35.5. The quantitative estimate of drug-likeness (QED) is 0.152. The summed E-state index contributed by atoms with van der Waals surface area (Å²) < 4.78 is 5.49. The molecule has 0 bridgehead atoms. The van der Waals surface area contributed by atoms with Crippen LogP contribution in [0.5, 0.6) is 5.88 Å². The predicted octanol–water partition coefficient (Wildman–Crippen LogP) is 0.320. The number of aromatic amines is 1. The number of fused-ring (bicyclic) bond motifs is 1. The number of hydrogen-bond donors (Lipinski definition) is 5. The number of nitro benzene ring substituents is 1. The Morgan fingerprint density at radius 3 is 2.61 bits per heavy atom. The van der Waals surface area contributed by atoms with Gasteiger partial charge in [-0.05, 0) is 17.2 Å². The summed E-state index contributed by atoms with van der Waals surface area (Å²) in [6, 6.07) is 5.30. The number of ether oxygens (including phenoxy) is 1. The summed E-state index contributed by atoms with van der Waals surface area (Å²) in [5, 5.41) is 23.3. The first-order valence-electron chi connectivity index (χ1n) is 7.68. The van der Waals surface area contributed by atoms with E-state index in [9.17, 15) is 24.8 Å². The van der Waals surface area contributed by atoms with Crippen LogP contribution in [0.3, 0.4) is 0 Å². The van der Waals surface area contributed by atoms with Crippen LogP contribution in [0.15, 0.2) is 40.5 Å². The monoisotopic (exact) mass is 423 g/mol. The highest BCUT2D eigenvalue weighted by Gasteiger charge is 2.45. The van der Waals surface area contributed by atoms with Crippen LogP contribution in [0.4, 0.5) is 5.69 Å². The first kappa shape index (κ1) is 18.3. The number of benzene rings is 1. The minimum atomic E-state index is -2.10. The summed E-state index contributed by atoms with van der Waals surface area (Å²) in [6.45, 7) is 0. The average molecular weight is 424 g/mol. The first-order chi connectivity index (χ1) is 13.2. The van der Waals surface area contributed by atoms with E-state index in [-0.39, 0.29) is 33.9 Å². The Kier molecular flexibility index (Phi) is 4.06. The SMILES string of the molecule is O=C1NC(O)(S)NC2=C1C(c1ccc([N+](=O)[O-])cc1)c1c(nc(Cl)[nH]c1=O)O2. The minimum absolute atomic E-state index is 0.0152. The number of H-pyrrole nitrogens is 1. The van der Waals surface area contributed by atoms with E-state index < -0.39 is 27.5 Å². The number of hydrogen-bond acceptors (Lipinski definition) is 9. The molecule has 0 radical (unpaired) electrons. The summed E-state index contributed by atoms with van der Waals surface area (Å²) in [6.07, 6.45) is 0. The van der Waals surface area contributed by atoms with E-state index in [1.54, 1.807) is 0 Å². The molecule has 13 heteroatoms. The number of aromatic nitrogens is 2. The molecule has 144 valence electrons. The largest absolute Gasteiger partial charge is 0.422 e. The summed E-state index contributed by atoms with van der Waals surface area (Å²) in [7, 11) is 0. The van der Waals surface area contributed by atoms with Gasteiger partial charge in [0.05, 0.1) is 22.0 Å². The Bertz CT molecular complexity index is 1110. The van der Waals surface area contributed by atoms with Crippen molar-refractivity contribution < 1.29 is 19.6 Å². The van der Waals surface area contributed by atoms with Gasteiger partial charge in [0.1, 0.15) is 0 Å². The fraction of sp³-hybridized carbons (Fsp3) is 0.133. The molecular formula is C15H10ClN5O6S. The van der Waals surface area contributed by atoms with Gasteiger partial charge in [-0.15, -0.1) is 0 Å². The molecule has 3 heterocycles. The Morgan fingerprint density at radius 2 is 1.96 bits per heavy atom. The van der Waals surface area contributed by atoms with Crippen molar-refractivity contribution in [3.63, 3.8) is 0 Å². The van der Waals surface area contributed by atoms with Crippen molar-refractivity contribution in [2.24, 2.45) is 0 Å². The van der Waals surface area contributed by atoms with Crippen LogP contribution in [0.25, 0.3) is 0 Å². The molecule has 0 saturated heterocycles. The third-order valence-corrected chi connectivity index (χ3v) is 4.57. The Hall–Kier alpha value is -3.09. The van der Waals surface area contributed by atoms with Crippen LogP contribution >= 0.6 is 24.2 Å². The van der Waals surface area contributed by atoms with Crippen molar-refractivity contribution in [2.75, 3.05) is 0 Å². The average Bonchev–Trinajstić information content (AvgIpc) is 2.58. The van der Waals surface area contributed by atoms with E-state index in [0.29, 0.717) is 5.56 Å². The first-order valence-corrected chi connectivity index (χ1v) is 8.50. The Morgan fingerprint density at radius 1 is 1.29 bits per heavy atom.